The van der Waals surface area contributed by atoms with Gasteiger partial charge in [-0.05, 0) is 108 Å². The highest BCUT2D eigenvalue weighted by Crippen LogP contribution is 2.47. The van der Waals surface area contributed by atoms with E-state index in [1.807, 2.05) is 45.7 Å². The topological polar surface area (TPSA) is 72.4 Å². The lowest BCUT2D eigenvalue weighted by Gasteiger charge is -2.50. The van der Waals surface area contributed by atoms with Crippen LogP contribution in [0.2, 0.25) is 0 Å². The first kappa shape index (κ1) is 34.6. The molecule has 7 nitrogen and oxygen atoms in total. The number of ether oxygens (including phenoxy) is 2. The van der Waals surface area contributed by atoms with Crippen molar-refractivity contribution >= 4 is 32.9 Å². The van der Waals surface area contributed by atoms with Crippen molar-refractivity contribution in [3.63, 3.8) is 0 Å². The van der Waals surface area contributed by atoms with E-state index in [0.29, 0.717) is 12.0 Å². The quantitative estimate of drug-likeness (QED) is 0.217. The van der Waals surface area contributed by atoms with E-state index in [0.717, 1.165) is 28.9 Å². The summed E-state index contributed by atoms with van der Waals surface area (Å²) in [5.74, 6) is 2.37. The van der Waals surface area contributed by atoms with Gasteiger partial charge in [-0.3, -0.25) is 4.90 Å². The van der Waals surface area contributed by atoms with E-state index in [2.05, 4.69) is 101 Å². The predicted octanol–water partition coefficient (Wildman–Crippen LogP) is 11.0. The van der Waals surface area contributed by atoms with Gasteiger partial charge in [-0.2, -0.15) is 0 Å². The summed E-state index contributed by atoms with van der Waals surface area (Å²) in [5, 5.41) is 1.23. The monoisotopic (exact) mass is 678 g/mol. The number of hydrogen-bond donors (Lipinski definition) is 1. The van der Waals surface area contributed by atoms with Crippen LogP contribution in [0.3, 0.4) is 0 Å². The van der Waals surface area contributed by atoms with Crippen LogP contribution < -0.4 is 4.74 Å². The predicted molar refractivity (Wildman–Crippen MR) is 188 cm³/mol. The summed E-state index contributed by atoms with van der Waals surface area (Å²) in [7, 11) is 0. The van der Waals surface area contributed by atoms with Gasteiger partial charge in [-0.1, -0.05) is 56.1 Å². The van der Waals surface area contributed by atoms with Gasteiger partial charge in [0, 0.05) is 33.9 Å². The Morgan fingerprint density at radius 2 is 1.76 bits per heavy atom. The summed E-state index contributed by atoms with van der Waals surface area (Å²) in [6.07, 6.45) is 9.16. The molecule has 5 heterocycles. The molecule has 0 spiro atoms. The molecule has 3 fully saturated rings. The van der Waals surface area contributed by atoms with Crippen LogP contribution in [0.5, 0.6) is 5.75 Å². The molecular weight excluding hydrogens is 628 g/mol. The van der Waals surface area contributed by atoms with Crippen LogP contribution in [-0.2, 0) is 4.74 Å². The molecule has 1 amide bonds. The number of H-pyrrole nitrogens is 1. The van der Waals surface area contributed by atoms with Gasteiger partial charge in [0.1, 0.15) is 17.2 Å². The summed E-state index contributed by atoms with van der Waals surface area (Å²) < 4.78 is 15.1. The Morgan fingerprint density at radius 3 is 2.38 bits per heavy atom. The molecule has 2 bridgehead atoms. The summed E-state index contributed by atoms with van der Waals surface area (Å²) in [4.78, 5) is 22.1. The van der Waals surface area contributed by atoms with Crippen molar-refractivity contribution in [1.29, 1.82) is 0 Å². The van der Waals surface area contributed by atoms with Crippen molar-refractivity contribution in [2.45, 2.75) is 118 Å². The van der Waals surface area contributed by atoms with Crippen LogP contribution >= 0.6 is 15.9 Å². The summed E-state index contributed by atoms with van der Waals surface area (Å²) in [6.45, 7) is 18.2. The van der Waals surface area contributed by atoms with Gasteiger partial charge in [0.2, 0.25) is 0 Å². The fourth-order valence-corrected chi connectivity index (χ4v) is 6.88. The molecule has 2 saturated heterocycles. The summed E-state index contributed by atoms with van der Waals surface area (Å²) in [5.41, 5.74) is 4.37. The highest BCUT2D eigenvalue weighted by atomic mass is 79.9. The fraction of sp³-hybridized carbons (Fsp3) is 0.514. The fourth-order valence-electron chi connectivity index (χ4n) is 6.50. The minimum absolute atomic E-state index is 0.0120. The molecule has 244 valence electrons. The van der Waals surface area contributed by atoms with Crippen LogP contribution in [0.4, 0.5) is 4.79 Å². The van der Waals surface area contributed by atoms with E-state index >= 15 is 0 Å². The number of aromatic nitrogens is 3. The minimum Gasteiger partial charge on any atom is -0.470 e. The number of hydrogen-bond acceptors (Lipinski definition) is 4. The number of aromatic amines is 1. The molecule has 8 rings (SSSR count). The van der Waals surface area contributed by atoms with Gasteiger partial charge in [-0.15, -0.1) is 0 Å². The van der Waals surface area contributed by atoms with Gasteiger partial charge in [0.15, 0.2) is 6.23 Å². The Hall–Kier alpha value is -3.26. The Bertz CT molecular complexity index is 1550. The standard InChI is InChI=1S/C17H14BrNO.C15H23N3O2.C3H8.C2H6/c1-10-3-5-14-16-9-12-8-13(18)4-6-15(12)19(16)11(2)20-17(14)7-10;1-15(2,3)20-14(19)18-11-6-4-10(5-7-11)12(18)13-16-8-9-17-13;1-3-2;1-2/h3-9,11H,1-2H3;8-12H,4-7H2,1-3H3,(H,16,17);3H2,1-2H3;1-2H3. The Balaban J connectivity index is 0.000000180. The number of amides is 1. The van der Waals surface area contributed by atoms with Crippen molar-refractivity contribution in [3.8, 4) is 17.0 Å². The number of aryl methyl sites for hydroxylation is 1. The van der Waals surface area contributed by atoms with Crippen LogP contribution in [0.25, 0.3) is 22.2 Å². The van der Waals surface area contributed by atoms with E-state index in [-0.39, 0.29) is 18.4 Å². The summed E-state index contributed by atoms with van der Waals surface area (Å²) in [6, 6.07) is 15.4. The van der Waals surface area contributed by atoms with Gasteiger partial charge < -0.3 is 19.0 Å². The second-order valence-electron chi connectivity index (χ2n) is 12.9. The molecule has 2 atom stereocenters. The van der Waals surface area contributed by atoms with Gasteiger partial charge in [0.25, 0.3) is 0 Å². The number of imidazole rings is 1. The third kappa shape index (κ3) is 7.76. The molecule has 4 aliphatic rings. The average Bonchev–Trinajstić information content (AvgIpc) is 3.67. The molecule has 1 N–H and O–H groups in total. The molecular formula is C37H51BrN4O3. The zero-order valence-corrected chi connectivity index (χ0v) is 30.1. The number of benzene rings is 2. The van der Waals surface area contributed by atoms with Crippen molar-refractivity contribution in [1.82, 2.24) is 19.4 Å². The van der Waals surface area contributed by atoms with Crippen molar-refractivity contribution in [2.24, 2.45) is 5.92 Å². The molecule has 4 aromatic rings. The maximum Gasteiger partial charge on any atom is 0.411 e. The number of carbonyl (C=O) groups excluding carboxylic acids is 1. The van der Waals surface area contributed by atoms with Crippen molar-refractivity contribution < 1.29 is 14.3 Å². The first-order chi connectivity index (χ1) is 21.5. The first-order valence-corrected chi connectivity index (χ1v) is 17.4. The van der Waals surface area contributed by atoms with E-state index in [1.54, 1.807) is 6.20 Å². The second kappa shape index (κ2) is 14.9. The normalized spacial score (nSPS) is 21.1. The van der Waals surface area contributed by atoms with Crippen LogP contribution in [-0.4, -0.2) is 37.2 Å². The zero-order valence-electron chi connectivity index (χ0n) is 28.5. The van der Waals surface area contributed by atoms with Gasteiger partial charge in [-0.25, -0.2) is 9.78 Å². The van der Waals surface area contributed by atoms with Crippen molar-refractivity contribution in [2.75, 3.05) is 0 Å². The Labute approximate surface area is 277 Å². The van der Waals surface area contributed by atoms with E-state index in [1.165, 1.54) is 47.0 Å². The number of halogens is 1. The molecule has 2 aromatic carbocycles. The number of rotatable bonds is 1. The lowest BCUT2D eigenvalue weighted by molar-refractivity contribution is -0.0440. The molecule has 1 saturated carbocycles. The highest BCUT2D eigenvalue weighted by Gasteiger charge is 2.47. The smallest absolute Gasteiger partial charge is 0.411 e. The third-order valence-corrected chi connectivity index (χ3v) is 8.65. The average molecular weight is 680 g/mol. The summed E-state index contributed by atoms with van der Waals surface area (Å²) >= 11 is 3.54. The number of nitrogens with one attached hydrogen (secondary N) is 1. The lowest BCUT2D eigenvalue weighted by atomic mass is 9.74. The second-order valence-corrected chi connectivity index (χ2v) is 13.8. The van der Waals surface area contributed by atoms with Crippen LogP contribution in [0, 0.1) is 12.8 Å². The molecule has 45 heavy (non-hydrogen) atoms. The third-order valence-electron chi connectivity index (χ3n) is 8.16. The molecule has 8 heteroatoms. The minimum atomic E-state index is -0.457. The van der Waals surface area contributed by atoms with Crippen LogP contribution in [0.1, 0.15) is 111 Å². The maximum atomic E-state index is 12.6. The number of nitrogens with zero attached hydrogens (tertiary/aromatic N) is 3. The zero-order chi connectivity index (χ0) is 32.9. The number of carbonyl (C=O) groups is 1. The molecule has 3 aliphatic heterocycles. The largest absolute Gasteiger partial charge is 0.470 e. The Morgan fingerprint density at radius 1 is 1.07 bits per heavy atom. The molecule has 0 radical (unpaired) electrons. The molecule has 2 aromatic heterocycles. The number of fused-ring (bicyclic) bond motifs is 8. The lowest BCUT2D eigenvalue weighted by Crippen LogP contribution is -2.54. The molecule has 2 unspecified atom stereocenters. The van der Waals surface area contributed by atoms with Crippen molar-refractivity contribution in [3.05, 3.63) is 70.7 Å². The Kier molecular flexibility index (Phi) is 11.5. The van der Waals surface area contributed by atoms with E-state index in [9.17, 15) is 4.79 Å². The van der Waals surface area contributed by atoms with Crippen LogP contribution in [0.15, 0.2) is 59.3 Å². The van der Waals surface area contributed by atoms with E-state index in [4.69, 9.17) is 9.47 Å². The highest BCUT2D eigenvalue weighted by molar-refractivity contribution is 9.10. The number of piperidine rings is 2. The maximum absolute atomic E-state index is 12.6. The van der Waals surface area contributed by atoms with E-state index < -0.39 is 5.60 Å². The van der Waals surface area contributed by atoms with Gasteiger partial charge in [0.05, 0.1) is 17.3 Å². The SMILES string of the molecule is CC.CC(C)(C)OC(=O)N1C2CCC(CC2)C1c1ncc[nH]1.CCC.Cc1ccc2c(c1)OC(C)n1c-2cc2cc(Br)ccc21. The van der Waals surface area contributed by atoms with Gasteiger partial charge >= 0.3 is 6.09 Å². The first-order valence-electron chi connectivity index (χ1n) is 16.6. The molecule has 1 aliphatic carbocycles.